The standard InChI is InChI=1S/C21H23N3O4/c1-5-16-20(19(24-23-16)13-7-6-8-15(11-13)26-2)22-21(25)14-9-10-17(27-3)18(12-14)28-4/h6-12H,5H2,1-4H3,(H,22,25)(H,23,24). The minimum Gasteiger partial charge on any atom is -0.497 e. The van der Waals surface area contributed by atoms with Gasteiger partial charge in [-0.1, -0.05) is 19.1 Å². The van der Waals surface area contributed by atoms with Gasteiger partial charge in [-0.05, 0) is 36.8 Å². The first-order valence-corrected chi connectivity index (χ1v) is 8.86. The lowest BCUT2D eigenvalue weighted by Crippen LogP contribution is -2.13. The van der Waals surface area contributed by atoms with E-state index in [2.05, 4.69) is 15.5 Å². The van der Waals surface area contributed by atoms with Crippen LogP contribution >= 0.6 is 0 Å². The highest BCUT2D eigenvalue weighted by Crippen LogP contribution is 2.32. The van der Waals surface area contributed by atoms with Gasteiger partial charge in [0.05, 0.1) is 32.7 Å². The third-order valence-corrected chi connectivity index (χ3v) is 4.42. The Morgan fingerprint density at radius 1 is 1.04 bits per heavy atom. The zero-order chi connectivity index (χ0) is 20.1. The van der Waals surface area contributed by atoms with Crippen LogP contribution in [0.4, 0.5) is 5.69 Å². The van der Waals surface area contributed by atoms with E-state index in [0.29, 0.717) is 34.9 Å². The molecule has 1 aromatic heterocycles. The molecule has 0 spiro atoms. The molecule has 1 amide bonds. The number of ether oxygens (including phenoxy) is 3. The van der Waals surface area contributed by atoms with Gasteiger partial charge in [0.15, 0.2) is 11.5 Å². The largest absolute Gasteiger partial charge is 0.497 e. The maximum absolute atomic E-state index is 12.9. The van der Waals surface area contributed by atoms with Gasteiger partial charge in [-0.25, -0.2) is 0 Å². The smallest absolute Gasteiger partial charge is 0.255 e. The van der Waals surface area contributed by atoms with Crippen LogP contribution in [0.3, 0.4) is 0 Å². The quantitative estimate of drug-likeness (QED) is 0.648. The van der Waals surface area contributed by atoms with Crippen molar-refractivity contribution in [1.29, 1.82) is 0 Å². The zero-order valence-corrected chi connectivity index (χ0v) is 16.3. The molecular formula is C21H23N3O4. The normalized spacial score (nSPS) is 10.4. The van der Waals surface area contributed by atoms with E-state index in [1.54, 1.807) is 32.4 Å². The Hall–Kier alpha value is -3.48. The zero-order valence-electron chi connectivity index (χ0n) is 16.3. The number of anilines is 1. The average molecular weight is 381 g/mol. The van der Waals surface area contributed by atoms with Crippen LogP contribution in [0, 0.1) is 0 Å². The summed E-state index contributed by atoms with van der Waals surface area (Å²) in [6.07, 6.45) is 0.693. The highest BCUT2D eigenvalue weighted by Gasteiger charge is 2.18. The van der Waals surface area contributed by atoms with Crippen LogP contribution in [0.5, 0.6) is 17.2 Å². The van der Waals surface area contributed by atoms with Gasteiger partial charge >= 0.3 is 0 Å². The van der Waals surface area contributed by atoms with E-state index in [0.717, 1.165) is 17.0 Å². The van der Waals surface area contributed by atoms with E-state index >= 15 is 0 Å². The van der Waals surface area contributed by atoms with Crippen LogP contribution in [0.15, 0.2) is 42.5 Å². The fourth-order valence-corrected chi connectivity index (χ4v) is 2.91. The average Bonchev–Trinajstić information content (AvgIpc) is 3.15. The van der Waals surface area contributed by atoms with E-state index in [-0.39, 0.29) is 5.91 Å². The highest BCUT2D eigenvalue weighted by atomic mass is 16.5. The molecule has 0 saturated carbocycles. The van der Waals surface area contributed by atoms with E-state index in [4.69, 9.17) is 14.2 Å². The number of methoxy groups -OCH3 is 3. The van der Waals surface area contributed by atoms with Crippen molar-refractivity contribution in [3.63, 3.8) is 0 Å². The molecule has 2 N–H and O–H groups in total. The lowest BCUT2D eigenvalue weighted by molar-refractivity contribution is 0.102. The Morgan fingerprint density at radius 3 is 2.50 bits per heavy atom. The van der Waals surface area contributed by atoms with Crippen LogP contribution in [0.2, 0.25) is 0 Å². The van der Waals surface area contributed by atoms with E-state index < -0.39 is 0 Å². The van der Waals surface area contributed by atoms with Crippen LogP contribution in [-0.4, -0.2) is 37.4 Å². The number of nitrogens with zero attached hydrogens (tertiary/aromatic N) is 1. The van der Waals surface area contributed by atoms with Gasteiger partial charge in [0.2, 0.25) is 0 Å². The summed E-state index contributed by atoms with van der Waals surface area (Å²) in [4.78, 5) is 12.9. The molecule has 7 heteroatoms. The Morgan fingerprint density at radius 2 is 1.82 bits per heavy atom. The van der Waals surface area contributed by atoms with Crippen LogP contribution < -0.4 is 19.5 Å². The number of carbonyl (C=O) groups excluding carboxylic acids is 1. The Kier molecular flexibility index (Phi) is 5.84. The Labute approximate surface area is 163 Å². The molecule has 0 aliphatic heterocycles. The van der Waals surface area contributed by atoms with Crippen molar-refractivity contribution in [1.82, 2.24) is 10.2 Å². The number of carbonyl (C=O) groups is 1. The summed E-state index contributed by atoms with van der Waals surface area (Å²) in [5.74, 6) is 1.51. The minimum atomic E-state index is -0.263. The number of aromatic nitrogens is 2. The molecule has 7 nitrogen and oxygen atoms in total. The van der Waals surface area contributed by atoms with E-state index in [1.165, 1.54) is 7.11 Å². The molecule has 2 aromatic carbocycles. The number of benzene rings is 2. The molecule has 0 aliphatic carbocycles. The van der Waals surface area contributed by atoms with E-state index in [9.17, 15) is 4.79 Å². The number of aryl methyl sites for hydroxylation is 1. The summed E-state index contributed by atoms with van der Waals surface area (Å²) in [5.41, 5.74) is 3.45. The molecule has 1 heterocycles. The SMILES string of the molecule is CCc1[nH]nc(-c2cccc(OC)c2)c1NC(=O)c1ccc(OC)c(OC)c1. The van der Waals surface area contributed by atoms with E-state index in [1.807, 2.05) is 31.2 Å². The second-order valence-electron chi connectivity index (χ2n) is 6.04. The molecule has 3 rings (SSSR count). The highest BCUT2D eigenvalue weighted by molar-refractivity contribution is 6.06. The molecule has 0 atom stereocenters. The van der Waals surface area contributed by atoms with Crippen LogP contribution in [-0.2, 0) is 6.42 Å². The number of nitrogens with one attached hydrogen (secondary N) is 2. The fourth-order valence-electron chi connectivity index (χ4n) is 2.91. The van der Waals surface area contributed by atoms with Crippen molar-refractivity contribution in [2.45, 2.75) is 13.3 Å². The first-order chi connectivity index (χ1) is 13.6. The molecule has 28 heavy (non-hydrogen) atoms. The predicted molar refractivity (Wildman–Crippen MR) is 107 cm³/mol. The van der Waals surface area contributed by atoms with Crippen molar-refractivity contribution in [3.8, 4) is 28.5 Å². The molecule has 0 aliphatic rings. The monoisotopic (exact) mass is 381 g/mol. The Balaban J connectivity index is 1.95. The van der Waals surface area contributed by atoms with Gasteiger partial charge < -0.3 is 19.5 Å². The number of aromatic amines is 1. The van der Waals surface area contributed by atoms with Crippen molar-refractivity contribution in [3.05, 3.63) is 53.7 Å². The van der Waals surface area contributed by atoms with Crippen molar-refractivity contribution in [2.24, 2.45) is 0 Å². The molecule has 0 bridgehead atoms. The molecule has 0 unspecified atom stereocenters. The second-order valence-corrected chi connectivity index (χ2v) is 6.04. The maximum Gasteiger partial charge on any atom is 0.255 e. The molecule has 0 saturated heterocycles. The third kappa shape index (κ3) is 3.78. The number of hydrogen-bond acceptors (Lipinski definition) is 5. The first kappa shape index (κ1) is 19.3. The van der Waals surface area contributed by atoms with Crippen molar-refractivity contribution >= 4 is 11.6 Å². The fraction of sp³-hybridized carbons (Fsp3) is 0.238. The van der Waals surface area contributed by atoms with Gasteiger partial charge in [0.25, 0.3) is 5.91 Å². The second kappa shape index (κ2) is 8.47. The predicted octanol–water partition coefficient (Wildman–Crippen LogP) is 3.92. The Bertz CT molecular complexity index is 982. The lowest BCUT2D eigenvalue weighted by atomic mass is 10.1. The van der Waals surface area contributed by atoms with Crippen molar-refractivity contribution in [2.75, 3.05) is 26.6 Å². The van der Waals surface area contributed by atoms with Crippen LogP contribution in [0.25, 0.3) is 11.3 Å². The van der Waals surface area contributed by atoms with Gasteiger partial charge in [-0.15, -0.1) is 0 Å². The summed E-state index contributed by atoms with van der Waals surface area (Å²) in [6.45, 7) is 1.99. The lowest BCUT2D eigenvalue weighted by Gasteiger charge is -2.11. The van der Waals surface area contributed by atoms with Gasteiger partial charge in [0.1, 0.15) is 11.4 Å². The van der Waals surface area contributed by atoms with Gasteiger partial charge in [-0.2, -0.15) is 5.10 Å². The molecule has 3 aromatic rings. The number of hydrogen-bond donors (Lipinski definition) is 2. The topological polar surface area (TPSA) is 85.5 Å². The molecular weight excluding hydrogens is 358 g/mol. The maximum atomic E-state index is 12.9. The van der Waals surface area contributed by atoms with Crippen molar-refractivity contribution < 1.29 is 19.0 Å². The third-order valence-electron chi connectivity index (χ3n) is 4.42. The summed E-state index contributed by atoms with van der Waals surface area (Å²) in [5, 5.41) is 10.4. The van der Waals surface area contributed by atoms with Crippen LogP contribution in [0.1, 0.15) is 23.0 Å². The minimum absolute atomic E-state index is 0.263. The summed E-state index contributed by atoms with van der Waals surface area (Å²) >= 11 is 0. The van der Waals surface area contributed by atoms with Gasteiger partial charge in [0, 0.05) is 11.1 Å². The molecule has 146 valence electrons. The summed E-state index contributed by atoms with van der Waals surface area (Å²) in [6, 6.07) is 12.6. The molecule has 0 radical (unpaired) electrons. The summed E-state index contributed by atoms with van der Waals surface area (Å²) in [7, 11) is 4.70. The first-order valence-electron chi connectivity index (χ1n) is 8.86. The molecule has 0 fully saturated rings. The van der Waals surface area contributed by atoms with Gasteiger partial charge in [-0.3, -0.25) is 9.89 Å². The number of H-pyrrole nitrogens is 1. The number of amides is 1. The summed E-state index contributed by atoms with van der Waals surface area (Å²) < 4.78 is 15.8. The number of rotatable bonds is 7.